The second-order valence-corrected chi connectivity index (χ2v) is 7.71. The number of benzene rings is 1. The van der Waals surface area contributed by atoms with Crippen LogP contribution in [0.4, 0.5) is 5.95 Å². The van der Waals surface area contributed by atoms with E-state index in [1.54, 1.807) is 5.48 Å². The van der Waals surface area contributed by atoms with Gasteiger partial charge < -0.3 is 4.90 Å². The smallest absolute Gasteiger partial charge is 0.277 e. The van der Waals surface area contributed by atoms with Gasteiger partial charge in [0.2, 0.25) is 5.95 Å². The van der Waals surface area contributed by atoms with E-state index in [9.17, 15) is 4.79 Å². The van der Waals surface area contributed by atoms with Crippen LogP contribution in [-0.2, 0) is 6.54 Å². The molecular formula is C20H20N6O2. The van der Waals surface area contributed by atoms with E-state index in [0.29, 0.717) is 11.4 Å². The lowest BCUT2D eigenvalue weighted by Gasteiger charge is -2.60. The topological polar surface area (TPSA) is 94.5 Å². The summed E-state index contributed by atoms with van der Waals surface area (Å²) in [6.07, 6.45) is 2.86. The van der Waals surface area contributed by atoms with E-state index in [-0.39, 0.29) is 5.56 Å². The monoisotopic (exact) mass is 376 g/mol. The third-order valence-electron chi connectivity index (χ3n) is 5.50. The molecule has 4 heterocycles. The number of para-hydroxylation sites is 1. The number of fused-ring (bicyclic) bond motifs is 1. The maximum Gasteiger partial charge on any atom is 0.277 e. The molecule has 0 unspecified atom stereocenters. The lowest BCUT2D eigenvalue weighted by Crippen LogP contribution is -2.72. The summed E-state index contributed by atoms with van der Waals surface area (Å²) in [5.74, 6) is 0.0123. The molecule has 2 aliphatic heterocycles. The number of pyridine rings is 1. The zero-order valence-electron chi connectivity index (χ0n) is 15.2. The van der Waals surface area contributed by atoms with Gasteiger partial charge in [0, 0.05) is 55.9 Å². The van der Waals surface area contributed by atoms with E-state index >= 15 is 0 Å². The highest BCUT2D eigenvalue weighted by atomic mass is 16.5. The first kappa shape index (κ1) is 17.0. The number of nitrogens with zero attached hydrogens (tertiary/aromatic N) is 5. The summed E-state index contributed by atoms with van der Waals surface area (Å²) in [6, 6.07) is 12.4. The van der Waals surface area contributed by atoms with Gasteiger partial charge in [-0.1, -0.05) is 24.3 Å². The van der Waals surface area contributed by atoms with E-state index in [1.165, 1.54) is 17.8 Å². The third-order valence-corrected chi connectivity index (χ3v) is 5.50. The van der Waals surface area contributed by atoms with Gasteiger partial charge in [-0.3, -0.25) is 19.9 Å². The number of nitrogens with one attached hydrogen (secondary N) is 1. The van der Waals surface area contributed by atoms with Crippen molar-refractivity contribution in [3.05, 3.63) is 60.0 Å². The highest BCUT2D eigenvalue weighted by Crippen LogP contribution is 2.41. The van der Waals surface area contributed by atoms with E-state index in [2.05, 4.69) is 44.0 Å². The summed E-state index contributed by atoms with van der Waals surface area (Å²) in [7, 11) is 0. The molecule has 0 radical (unpaired) electrons. The predicted octanol–water partition coefficient (Wildman–Crippen LogP) is 1.47. The largest absolute Gasteiger partial charge is 0.339 e. The Morgan fingerprint density at radius 3 is 2.57 bits per heavy atom. The number of likely N-dealkylation sites (tertiary alicyclic amines) is 1. The molecule has 0 saturated carbocycles. The van der Waals surface area contributed by atoms with Crippen LogP contribution in [0.25, 0.3) is 10.9 Å². The normalized spacial score (nSPS) is 18.0. The Balaban J connectivity index is 1.16. The fourth-order valence-corrected chi connectivity index (χ4v) is 4.21. The first-order chi connectivity index (χ1) is 13.6. The van der Waals surface area contributed by atoms with E-state index in [0.717, 1.165) is 43.9 Å². The predicted molar refractivity (Wildman–Crippen MR) is 103 cm³/mol. The Kier molecular flexibility index (Phi) is 3.96. The minimum absolute atomic E-state index is 0.235. The molecule has 2 fully saturated rings. The average molecular weight is 376 g/mol. The number of aromatic nitrogens is 3. The number of amides is 1. The Morgan fingerprint density at radius 2 is 1.82 bits per heavy atom. The number of hydroxylamine groups is 1. The van der Waals surface area contributed by atoms with Gasteiger partial charge in [0.15, 0.2) is 0 Å². The van der Waals surface area contributed by atoms with Crippen molar-refractivity contribution in [3.63, 3.8) is 0 Å². The second-order valence-electron chi connectivity index (χ2n) is 7.71. The molecule has 2 aliphatic rings. The Labute approximate surface area is 161 Å². The number of carbonyl (C=O) groups excluding carboxylic acids is 1. The number of hydrogen-bond donors (Lipinski definition) is 2. The van der Waals surface area contributed by atoms with Gasteiger partial charge in [-0.15, -0.1) is 0 Å². The van der Waals surface area contributed by atoms with Crippen LogP contribution < -0.4 is 10.4 Å². The van der Waals surface area contributed by atoms with Gasteiger partial charge in [-0.2, -0.15) is 0 Å². The van der Waals surface area contributed by atoms with E-state index in [1.807, 2.05) is 12.1 Å². The molecule has 2 N–H and O–H groups in total. The molecule has 2 saturated heterocycles. The lowest BCUT2D eigenvalue weighted by molar-refractivity contribution is -0.0287. The number of anilines is 1. The Bertz CT molecular complexity index is 1020. The summed E-state index contributed by atoms with van der Waals surface area (Å²) in [6.45, 7) is 4.79. The molecular weight excluding hydrogens is 356 g/mol. The molecule has 5 rings (SSSR count). The van der Waals surface area contributed by atoms with Crippen molar-refractivity contribution >= 4 is 22.8 Å². The molecule has 142 valence electrons. The molecule has 8 nitrogen and oxygen atoms in total. The highest BCUT2D eigenvalue weighted by Gasteiger charge is 2.52. The van der Waals surface area contributed by atoms with Crippen molar-refractivity contribution in [2.45, 2.75) is 6.54 Å². The Morgan fingerprint density at radius 1 is 1.07 bits per heavy atom. The third kappa shape index (κ3) is 2.96. The van der Waals surface area contributed by atoms with Crippen molar-refractivity contribution in [2.24, 2.45) is 5.41 Å². The van der Waals surface area contributed by atoms with Crippen LogP contribution in [0.3, 0.4) is 0 Å². The van der Waals surface area contributed by atoms with Gasteiger partial charge in [0.1, 0.15) is 0 Å². The SMILES string of the molecule is O=C(NO)c1cnc(N2CC3(CN(Cc4ccc5ccccc5n4)C3)C2)nc1. The first-order valence-corrected chi connectivity index (χ1v) is 9.23. The maximum absolute atomic E-state index is 11.3. The molecule has 3 aromatic rings. The zero-order valence-corrected chi connectivity index (χ0v) is 15.2. The van der Waals surface area contributed by atoms with Crippen LogP contribution in [-0.4, -0.2) is 57.1 Å². The van der Waals surface area contributed by atoms with Gasteiger partial charge in [-0.25, -0.2) is 15.4 Å². The van der Waals surface area contributed by atoms with Crippen molar-refractivity contribution in [3.8, 4) is 0 Å². The van der Waals surface area contributed by atoms with E-state index < -0.39 is 5.91 Å². The number of rotatable bonds is 4. The molecule has 1 amide bonds. The summed E-state index contributed by atoms with van der Waals surface area (Å²) in [5.41, 5.74) is 4.27. The molecule has 2 aromatic heterocycles. The molecule has 1 aromatic carbocycles. The van der Waals surface area contributed by atoms with Crippen LogP contribution >= 0.6 is 0 Å². The quantitative estimate of drug-likeness (QED) is 0.526. The van der Waals surface area contributed by atoms with Gasteiger partial charge >= 0.3 is 0 Å². The van der Waals surface area contributed by atoms with Crippen LogP contribution in [0.2, 0.25) is 0 Å². The number of hydrogen-bond acceptors (Lipinski definition) is 7. The fraction of sp³-hybridized carbons (Fsp3) is 0.300. The zero-order chi connectivity index (χ0) is 19.1. The van der Waals surface area contributed by atoms with Gasteiger partial charge in [0.25, 0.3) is 5.91 Å². The molecule has 0 aliphatic carbocycles. The summed E-state index contributed by atoms with van der Waals surface area (Å²) < 4.78 is 0. The fourth-order valence-electron chi connectivity index (χ4n) is 4.21. The van der Waals surface area contributed by atoms with Crippen LogP contribution in [0.15, 0.2) is 48.8 Å². The summed E-state index contributed by atoms with van der Waals surface area (Å²) >= 11 is 0. The molecule has 1 spiro atoms. The van der Waals surface area contributed by atoms with Crippen LogP contribution in [0, 0.1) is 5.41 Å². The lowest BCUT2D eigenvalue weighted by atomic mass is 9.73. The first-order valence-electron chi connectivity index (χ1n) is 9.23. The van der Waals surface area contributed by atoms with Gasteiger partial charge in [-0.05, 0) is 12.1 Å². The van der Waals surface area contributed by atoms with Crippen molar-refractivity contribution in [2.75, 3.05) is 31.1 Å². The molecule has 8 heteroatoms. The maximum atomic E-state index is 11.3. The van der Waals surface area contributed by atoms with Gasteiger partial charge in [0.05, 0.1) is 16.8 Å². The average Bonchev–Trinajstić information content (AvgIpc) is 2.68. The van der Waals surface area contributed by atoms with Crippen LogP contribution in [0.1, 0.15) is 16.1 Å². The second kappa shape index (κ2) is 6.50. The highest BCUT2D eigenvalue weighted by molar-refractivity contribution is 5.92. The Hall–Kier alpha value is -3.10. The van der Waals surface area contributed by atoms with Crippen molar-refractivity contribution in [1.29, 1.82) is 0 Å². The summed E-state index contributed by atoms with van der Waals surface area (Å²) in [4.78, 5) is 29.1. The minimum atomic E-state index is -0.608. The molecule has 0 atom stereocenters. The molecule has 0 bridgehead atoms. The standard InChI is InChI=1S/C20H20N6O2/c27-18(24-28)15-7-21-19(22-8-15)26-12-20(13-26)10-25(11-20)9-16-6-5-14-3-1-2-4-17(14)23-16/h1-8,28H,9-13H2,(H,24,27). The molecule has 28 heavy (non-hydrogen) atoms. The van der Waals surface area contributed by atoms with Crippen molar-refractivity contribution < 1.29 is 10.0 Å². The van der Waals surface area contributed by atoms with Crippen molar-refractivity contribution in [1.82, 2.24) is 25.3 Å². The van der Waals surface area contributed by atoms with E-state index in [4.69, 9.17) is 10.2 Å². The van der Waals surface area contributed by atoms with Crippen LogP contribution in [0.5, 0.6) is 0 Å². The number of carbonyl (C=O) groups is 1. The summed E-state index contributed by atoms with van der Waals surface area (Å²) in [5, 5.41) is 9.81. The minimum Gasteiger partial charge on any atom is -0.339 e.